The van der Waals surface area contributed by atoms with Gasteiger partial charge in [0.05, 0.1) is 5.56 Å². The summed E-state index contributed by atoms with van der Waals surface area (Å²) in [5.41, 5.74) is -0.259. The second-order valence-electron chi connectivity index (χ2n) is 6.49. The van der Waals surface area contributed by atoms with Crippen molar-refractivity contribution in [2.45, 2.75) is 18.0 Å². The lowest BCUT2D eigenvalue weighted by molar-refractivity contribution is -0.138. The van der Waals surface area contributed by atoms with Gasteiger partial charge >= 0.3 is 6.18 Å². The molecule has 0 fully saturated rings. The third kappa shape index (κ3) is 4.14. The van der Waals surface area contributed by atoms with Crippen LogP contribution in [0, 0.1) is 18.6 Å². The number of rotatable bonds is 3. The van der Waals surface area contributed by atoms with Crippen molar-refractivity contribution in [2.75, 3.05) is 6.26 Å². The maximum absolute atomic E-state index is 14.3. The molecule has 0 aliphatic rings. The fourth-order valence-electron chi connectivity index (χ4n) is 3.04. The first kappa shape index (κ1) is 20.9. The predicted octanol–water partition coefficient (Wildman–Crippen LogP) is 5.42. The molecule has 152 valence electrons. The van der Waals surface area contributed by atoms with E-state index in [0.29, 0.717) is 6.26 Å². The first-order chi connectivity index (χ1) is 13.4. The zero-order chi connectivity index (χ0) is 21.6. The highest BCUT2D eigenvalue weighted by molar-refractivity contribution is 7.90. The molecule has 3 nitrogen and oxygen atoms in total. The van der Waals surface area contributed by atoms with Crippen LogP contribution in [0.5, 0.6) is 0 Å². The van der Waals surface area contributed by atoms with Gasteiger partial charge in [-0.25, -0.2) is 17.2 Å². The van der Waals surface area contributed by atoms with Crippen LogP contribution < -0.4 is 0 Å². The molecule has 0 spiro atoms. The second kappa shape index (κ2) is 7.22. The fraction of sp³-hybridized carbons (Fsp3) is 0.150. The summed E-state index contributed by atoms with van der Waals surface area (Å²) in [7, 11) is -4.14. The van der Waals surface area contributed by atoms with E-state index in [-0.39, 0.29) is 27.8 Å². The lowest BCUT2D eigenvalue weighted by Gasteiger charge is -2.15. The highest BCUT2D eigenvalue weighted by atomic mass is 32.2. The van der Waals surface area contributed by atoms with Gasteiger partial charge in [0.1, 0.15) is 16.5 Å². The molecule has 29 heavy (non-hydrogen) atoms. The summed E-state index contributed by atoms with van der Waals surface area (Å²) < 4.78 is 91.6. The van der Waals surface area contributed by atoms with Crippen LogP contribution in [0.4, 0.5) is 22.0 Å². The van der Waals surface area contributed by atoms with Crippen LogP contribution in [-0.2, 0) is 16.0 Å². The maximum Gasteiger partial charge on any atom is 0.416 e. The summed E-state index contributed by atoms with van der Waals surface area (Å²) in [6.45, 7) is 1.33. The quantitative estimate of drug-likeness (QED) is 0.524. The molecule has 0 atom stereocenters. The summed E-state index contributed by atoms with van der Waals surface area (Å²) in [6.07, 6.45) is -1.31. The lowest BCUT2D eigenvalue weighted by Crippen LogP contribution is -2.07. The van der Waals surface area contributed by atoms with E-state index < -0.39 is 38.1 Å². The van der Waals surface area contributed by atoms with Crippen molar-refractivity contribution in [3.8, 4) is 22.3 Å². The van der Waals surface area contributed by atoms with E-state index in [0.717, 1.165) is 18.2 Å². The van der Waals surface area contributed by atoms with Crippen molar-refractivity contribution in [1.82, 2.24) is 4.98 Å². The average Bonchev–Trinajstić information content (AvgIpc) is 2.59. The SMILES string of the molecule is Cc1ccc(-c2ccncc2-c2cc(F)c(S(C)(=O)=O)c(F)c2)cc1C(F)(F)F. The van der Waals surface area contributed by atoms with Crippen LogP contribution in [0.2, 0.25) is 0 Å². The van der Waals surface area contributed by atoms with Gasteiger partial charge in [-0.1, -0.05) is 12.1 Å². The Balaban J connectivity index is 2.22. The minimum Gasteiger partial charge on any atom is -0.264 e. The number of sulfone groups is 1. The highest BCUT2D eigenvalue weighted by Gasteiger charge is 2.32. The number of hydrogen-bond donors (Lipinski definition) is 0. The molecular formula is C20H14F5NO2S. The van der Waals surface area contributed by atoms with Gasteiger partial charge in [-0.2, -0.15) is 13.2 Å². The van der Waals surface area contributed by atoms with Gasteiger partial charge in [0, 0.05) is 24.2 Å². The van der Waals surface area contributed by atoms with Crippen molar-refractivity contribution >= 4 is 9.84 Å². The Hall–Kier alpha value is -2.81. The normalized spacial score (nSPS) is 12.2. The van der Waals surface area contributed by atoms with E-state index in [2.05, 4.69) is 4.98 Å². The summed E-state index contributed by atoms with van der Waals surface area (Å²) in [5, 5.41) is 0. The molecule has 0 aliphatic heterocycles. The molecule has 0 aliphatic carbocycles. The molecule has 0 radical (unpaired) electrons. The fourth-order valence-corrected chi connectivity index (χ4v) is 3.87. The number of halogens is 5. The van der Waals surface area contributed by atoms with Gasteiger partial charge in [-0.05, 0) is 53.4 Å². The highest BCUT2D eigenvalue weighted by Crippen LogP contribution is 2.38. The third-order valence-corrected chi connectivity index (χ3v) is 5.49. The number of aromatic nitrogens is 1. The molecule has 0 bridgehead atoms. The molecule has 2 aromatic carbocycles. The van der Waals surface area contributed by atoms with Crippen LogP contribution in [0.15, 0.2) is 53.7 Å². The minimum atomic E-state index is -4.57. The van der Waals surface area contributed by atoms with E-state index in [1.807, 2.05) is 0 Å². The predicted molar refractivity (Wildman–Crippen MR) is 97.9 cm³/mol. The largest absolute Gasteiger partial charge is 0.416 e. The number of benzene rings is 2. The molecule has 1 aromatic heterocycles. The monoisotopic (exact) mass is 427 g/mol. The van der Waals surface area contributed by atoms with Crippen molar-refractivity contribution < 1.29 is 30.4 Å². The Morgan fingerprint density at radius 2 is 1.52 bits per heavy atom. The number of hydrogen-bond acceptors (Lipinski definition) is 3. The van der Waals surface area contributed by atoms with E-state index in [1.54, 1.807) is 0 Å². The van der Waals surface area contributed by atoms with Crippen LogP contribution in [0.3, 0.4) is 0 Å². The summed E-state index contributed by atoms with van der Waals surface area (Å²) >= 11 is 0. The first-order valence-corrected chi connectivity index (χ1v) is 10.1. The van der Waals surface area contributed by atoms with Crippen molar-refractivity contribution in [2.24, 2.45) is 0 Å². The van der Waals surface area contributed by atoms with Gasteiger partial charge < -0.3 is 0 Å². The van der Waals surface area contributed by atoms with Crippen LogP contribution in [-0.4, -0.2) is 19.7 Å². The molecule has 0 amide bonds. The summed E-state index contributed by atoms with van der Waals surface area (Å²) in [5.74, 6) is -2.59. The van der Waals surface area contributed by atoms with Crippen molar-refractivity contribution in [3.05, 3.63) is 71.6 Å². The van der Waals surface area contributed by atoms with E-state index >= 15 is 0 Å². The first-order valence-electron chi connectivity index (χ1n) is 8.21. The number of aryl methyl sites for hydroxylation is 1. The Morgan fingerprint density at radius 1 is 0.897 bits per heavy atom. The molecule has 1 heterocycles. The molecule has 9 heteroatoms. The van der Waals surface area contributed by atoms with E-state index in [4.69, 9.17) is 0 Å². The second-order valence-corrected chi connectivity index (χ2v) is 8.44. The average molecular weight is 427 g/mol. The standard InChI is InChI=1S/C20H14F5NO2S/c1-11-3-4-12(7-16(11)20(23,24)25)14-5-6-26-10-15(14)13-8-17(21)19(18(22)9-13)29(2,27)28/h3-10H,1-2H3. The molecular weight excluding hydrogens is 413 g/mol. The Labute approximate surface area is 163 Å². The van der Waals surface area contributed by atoms with Gasteiger partial charge in [0.15, 0.2) is 9.84 Å². The van der Waals surface area contributed by atoms with Gasteiger partial charge in [-0.15, -0.1) is 0 Å². The van der Waals surface area contributed by atoms with E-state index in [9.17, 15) is 30.4 Å². The van der Waals surface area contributed by atoms with Crippen LogP contribution in [0.1, 0.15) is 11.1 Å². The van der Waals surface area contributed by atoms with Crippen LogP contribution in [0.25, 0.3) is 22.3 Å². The van der Waals surface area contributed by atoms with Crippen LogP contribution >= 0.6 is 0 Å². The van der Waals surface area contributed by atoms with E-state index in [1.165, 1.54) is 37.5 Å². The Bertz CT molecular complexity index is 1180. The van der Waals surface area contributed by atoms with Gasteiger partial charge in [-0.3, -0.25) is 4.98 Å². The molecule has 0 saturated heterocycles. The smallest absolute Gasteiger partial charge is 0.264 e. The molecule has 0 unspecified atom stereocenters. The molecule has 3 aromatic rings. The summed E-state index contributed by atoms with van der Waals surface area (Å²) in [6, 6.07) is 6.77. The Kier molecular flexibility index (Phi) is 5.20. The van der Waals surface area contributed by atoms with Crippen molar-refractivity contribution in [3.63, 3.8) is 0 Å². The minimum absolute atomic E-state index is 0.0338. The number of alkyl halides is 3. The number of pyridine rings is 1. The zero-order valence-electron chi connectivity index (χ0n) is 15.2. The topological polar surface area (TPSA) is 47.0 Å². The van der Waals surface area contributed by atoms with Gasteiger partial charge in [0.25, 0.3) is 0 Å². The maximum atomic E-state index is 14.3. The molecule has 3 rings (SSSR count). The lowest BCUT2D eigenvalue weighted by atomic mass is 9.94. The zero-order valence-corrected chi connectivity index (χ0v) is 16.0. The molecule has 0 saturated carbocycles. The van der Waals surface area contributed by atoms with Crippen molar-refractivity contribution in [1.29, 1.82) is 0 Å². The summed E-state index contributed by atoms with van der Waals surface area (Å²) in [4.78, 5) is 2.81. The number of nitrogens with zero attached hydrogens (tertiary/aromatic N) is 1. The third-order valence-electron chi connectivity index (χ3n) is 4.36. The van der Waals surface area contributed by atoms with Gasteiger partial charge in [0.2, 0.25) is 0 Å². The molecule has 0 N–H and O–H groups in total. The Morgan fingerprint density at radius 3 is 2.07 bits per heavy atom.